The van der Waals surface area contributed by atoms with E-state index in [0.29, 0.717) is 31.1 Å². The predicted molar refractivity (Wildman–Crippen MR) is 112 cm³/mol. The van der Waals surface area contributed by atoms with Gasteiger partial charge in [-0.1, -0.05) is 54.1 Å². The molecule has 1 saturated heterocycles. The molecule has 0 saturated carbocycles. The van der Waals surface area contributed by atoms with E-state index in [1.54, 1.807) is 0 Å². The summed E-state index contributed by atoms with van der Waals surface area (Å²) >= 11 is 5.92. The highest BCUT2D eigenvalue weighted by atomic mass is 35.5. The lowest BCUT2D eigenvalue weighted by Gasteiger charge is -2.29. The zero-order chi connectivity index (χ0) is 20.1. The molecule has 1 fully saturated rings. The molecule has 0 spiro atoms. The maximum Gasteiger partial charge on any atom is 0.228 e. The van der Waals surface area contributed by atoms with Crippen LogP contribution in [0.5, 0.6) is 0 Å². The number of likely N-dealkylation sites (tertiary alicyclic amines) is 1. The lowest BCUT2D eigenvalue weighted by molar-refractivity contribution is -0.138. The highest BCUT2D eigenvalue weighted by Gasteiger charge is 2.36. The molecule has 2 aromatic rings. The van der Waals surface area contributed by atoms with Crippen molar-refractivity contribution in [2.24, 2.45) is 5.92 Å². The molecule has 2 aromatic carbocycles. The van der Waals surface area contributed by atoms with Gasteiger partial charge in [-0.3, -0.25) is 9.59 Å². The summed E-state index contributed by atoms with van der Waals surface area (Å²) in [5.41, 5.74) is 2.24. The van der Waals surface area contributed by atoms with Gasteiger partial charge in [0.1, 0.15) is 0 Å². The third-order valence-corrected chi connectivity index (χ3v) is 5.50. The van der Waals surface area contributed by atoms with Crippen molar-refractivity contribution in [2.75, 3.05) is 13.1 Å². The number of nitrogens with zero attached hydrogens (tertiary/aromatic N) is 2. The fraction of sp³-hybridized carbons (Fsp3) is 0.391. The predicted octanol–water partition coefficient (Wildman–Crippen LogP) is 4.17. The molecule has 28 heavy (non-hydrogen) atoms. The van der Waals surface area contributed by atoms with E-state index in [4.69, 9.17) is 11.6 Å². The van der Waals surface area contributed by atoms with Gasteiger partial charge in [0.2, 0.25) is 11.8 Å². The minimum Gasteiger partial charge on any atom is -0.342 e. The first-order chi connectivity index (χ1) is 13.4. The van der Waals surface area contributed by atoms with Crippen molar-refractivity contribution in [1.29, 1.82) is 0 Å². The van der Waals surface area contributed by atoms with Crippen LogP contribution in [-0.2, 0) is 22.6 Å². The van der Waals surface area contributed by atoms with Gasteiger partial charge < -0.3 is 9.80 Å². The molecule has 0 aliphatic carbocycles. The zero-order valence-corrected chi connectivity index (χ0v) is 17.2. The van der Waals surface area contributed by atoms with Crippen molar-refractivity contribution < 1.29 is 9.59 Å². The summed E-state index contributed by atoms with van der Waals surface area (Å²) in [4.78, 5) is 29.3. The molecule has 1 unspecified atom stereocenters. The highest BCUT2D eigenvalue weighted by Crippen LogP contribution is 2.23. The van der Waals surface area contributed by atoms with E-state index >= 15 is 0 Å². The molecule has 0 aromatic heterocycles. The third-order valence-electron chi connectivity index (χ3n) is 5.25. The Hall–Kier alpha value is -2.33. The molecule has 148 valence electrons. The van der Waals surface area contributed by atoms with Crippen LogP contribution in [0.15, 0.2) is 54.6 Å². The minimum absolute atomic E-state index is 0.0655. The summed E-state index contributed by atoms with van der Waals surface area (Å²) in [7, 11) is 0. The average molecular weight is 399 g/mol. The van der Waals surface area contributed by atoms with Crippen molar-refractivity contribution in [2.45, 2.75) is 39.3 Å². The van der Waals surface area contributed by atoms with Gasteiger partial charge in [-0.15, -0.1) is 0 Å². The van der Waals surface area contributed by atoms with Crippen molar-refractivity contribution >= 4 is 23.4 Å². The lowest BCUT2D eigenvalue weighted by atomic mass is 10.1. The van der Waals surface area contributed by atoms with Gasteiger partial charge in [-0.05, 0) is 43.5 Å². The van der Waals surface area contributed by atoms with E-state index in [2.05, 4.69) is 0 Å². The summed E-state index contributed by atoms with van der Waals surface area (Å²) in [6, 6.07) is 17.8. The maximum absolute atomic E-state index is 13.1. The van der Waals surface area contributed by atoms with Crippen molar-refractivity contribution in [3.8, 4) is 0 Å². The monoisotopic (exact) mass is 398 g/mol. The van der Waals surface area contributed by atoms with Crippen molar-refractivity contribution in [3.63, 3.8) is 0 Å². The smallest absolute Gasteiger partial charge is 0.228 e. The van der Waals surface area contributed by atoms with Crippen LogP contribution >= 0.6 is 11.6 Å². The summed E-state index contributed by atoms with van der Waals surface area (Å²) in [6.45, 7) is 5.76. The Morgan fingerprint density at radius 3 is 2.43 bits per heavy atom. The number of rotatable bonds is 7. The van der Waals surface area contributed by atoms with E-state index in [9.17, 15) is 9.59 Å². The normalized spacial score (nSPS) is 16.6. The fourth-order valence-corrected chi connectivity index (χ4v) is 3.72. The second kappa shape index (κ2) is 9.24. The zero-order valence-electron chi connectivity index (χ0n) is 16.5. The first-order valence-electron chi connectivity index (χ1n) is 9.80. The van der Waals surface area contributed by atoms with Crippen LogP contribution in [0.2, 0.25) is 5.02 Å². The van der Waals surface area contributed by atoms with E-state index in [-0.39, 0.29) is 23.8 Å². The Bertz CT molecular complexity index is 805. The molecule has 5 heteroatoms. The molecule has 2 amide bonds. The van der Waals surface area contributed by atoms with Crippen molar-refractivity contribution in [1.82, 2.24) is 9.80 Å². The second-order valence-corrected chi connectivity index (χ2v) is 8.10. The molecule has 0 N–H and O–H groups in total. The summed E-state index contributed by atoms with van der Waals surface area (Å²) in [6.07, 6.45) is 1.07. The molecule has 1 aliphatic heterocycles. The quantitative estimate of drug-likeness (QED) is 0.702. The maximum atomic E-state index is 13.1. The Kier molecular flexibility index (Phi) is 6.74. The summed E-state index contributed by atoms with van der Waals surface area (Å²) < 4.78 is 0. The minimum atomic E-state index is -0.260. The Balaban J connectivity index is 1.60. The van der Waals surface area contributed by atoms with E-state index in [0.717, 1.165) is 17.5 Å². The van der Waals surface area contributed by atoms with Gasteiger partial charge in [0.15, 0.2) is 0 Å². The van der Waals surface area contributed by atoms with Crippen molar-refractivity contribution in [3.05, 3.63) is 70.7 Å². The van der Waals surface area contributed by atoms with Gasteiger partial charge in [0, 0.05) is 37.1 Å². The van der Waals surface area contributed by atoms with Crippen LogP contribution in [0.25, 0.3) is 0 Å². The lowest BCUT2D eigenvalue weighted by Crippen LogP contribution is -2.41. The molecule has 1 heterocycles. The third kappa shape index (κ3) is 5.14. The Morgan fingerprint density at radius 2 is 1.79 bits per heavy atom. The summed E-state index contributed by atoms with van der Waals surface area (Å²) in [5.74, 6) is -0.124. The molecule has 1 aliphatic rings. The first-order valence-corrected chi connectivity index (χ1v) is 10.2. The van der Waals surface area contributed by atoms with Gasteiger partial charge >= 0.3 is 0 Å². The SMILES string of the molecule is CC(C)N(Cc1ccccc1)C(=O)C1CC(=O)N(CCc2ccc(Cl)cc2)C1. The Labute approximate surface area is 172 Å². The van der Waals surface area contributed by atoms with E-state index in [1.165, 1.54) is 0 Å². The molecular weight excluding hydrogens is 372 g/mol. The number of hydrogen-bond acceptors (Lipinski definition) is 2. The van der Waals surface area contributed by atoms with Crippen LogP contribution in [0, 0.1) is 5.92 Å². The number of benzene rings is 2. The number of amides is 2. The fourth-order valence-electron chi connectivity index (χ4n) is 3.60. The van der Waals surface area contributed by atoms with Crippen LogP contribution in [-0.4, -0.2) is 40.7 Å². The number of carbonyl (C=O) groups excluding carboxylic acids is 2. The number of carbonyl (C=O) groups is 2. The van der Waals surface area contributed by atoms with Gasteiger partial charge in [0.05, 0.1) is 5.92 Å². The van der Waals surface area contributed by atoms with Crippen LogP contribution in [0.3, 0.4) is 0 Å². The Morgan fingerprint density at radius 1 is 1.11 bits per heavy atom. The summed E-state index contributed by atoms with van der Waals surface area (Å²) in [5, 5.41) is 0.707. The second-order valence-electron chi connectivity index (χ2n) is 7.66. The van der Waals surface area contributed by atoms with Gasteiger partial charge in [0.25, 0.3) is 0 Å². The van der Waals surface area contributed by atoms with Crippen LogP contribution in [0.1, 0.15) is 31.4 Å². The number of hydrogen-bond donors (Lipinski definition) is 0. The van der Waals surface area contributed by atoms with E-state index in [1.807, 2.05) is 78.2 Å². The average Bonchev–Trinajstić information content (AvgIpc) is 3.06. The molecule has 4 nitrogen and oxygen atoms in total. The van der Waals surface area contributed by atoms with Crippen LogP contribution < -0.4 is 0 Å². The molecular formula is C23H27ClN2O2. The molecule has 3 rings (SSSR count). The standard InChI is InChI=1S/C23H27ClN2O2/c1-17(2)26(15-19-6-4-3-5-7-19)23(28)20-14-22(27)25(16-20)13-12-18-8-10-21(24)11-9-18/h3-11,17,20H,12-16H2,1-2H3. The van der Waals surface area contributed by atoms with Gasteiger partial charge in [-0.2, -0.15) is 0 Å². The molecule has 0 radical (unpaired) electrons. The largest absolute Gasteiger partial charge is 0.342 e. The number of halogens is 1. The first kappa shape index (κ1) is 20.4. The molecule has 0 bridgehead atoms. The molecule has 1 atom stereocenters. The topological polar surface area (TPSA) is 40.6 Å². The van der Waals surface area contributed by atoms with Gasteiger partial charge in [-0.25, -0.2) is 0 Å². The highest BCUT2D eigenvalue weighted by molar-refractivity contribution is 6.30. The van der Waals surface area contributed by atoms with E-state index < -0.39 is 0 Å². The van der Waals surface area contributed by atoms with Crippen LogP contribution in [0.4, 0.5) is 0 Å².